The molecule has 0 bridgehead atoms. The van der Waals surface area contributed by atoms with Crippen LogP contribution in [0, 0.1) is 0 Å². The first-order valence-corrected chi connectivity index (χ1v) is 10.2. The lowest BCUT2D eigenvalue weighted by Gasteiger charge is -2.35. The molecule has 0 radical (unpaired) electrons. The Bertz CT molecular complexity index is 785. The van der Waals surface area contributed by atoms with Crippen LogP contribution in [-0.4, -0.2) is 56.1 Å². The van der Waals surface area contributed by atoms with Crippen molar-refractivity contribution in [1.29, 1.82) is 0 Å². The molecule has 1 amide bonds. The number of amides is 1. The number of rotatable bonds is 8. The Kier molecular flexibility index (Phi) is 7.64. The third-order valence-electron chi connectivity index (χ3n) is 5.16. The summed E-state index contributed by atoms with van der Waals surface area (Å²) >= 11 is 0. The second kappa shape index (κ2) is 10.6. The molecule has 6 heteroatoms. The summed E-state index contributed by atoms with van der Waals surface area (Å²) in [6.45, 7) is 7.18. The van der Waals surface area contributed by atoms with Crippen LogP contribution in [0.15, 0.2) is 54.6 Å². The molecule has 6 nitrogen and oxygen atoms in total. The number of nitrogens with one attached hydrogen (secondary N) is 1. The molecule has 2 aromatic carbocycles. The van der Waals surface area contributed by atoms with Crippen LogP contribution < -0.4 is 10.2 Å². The normalized spacial score (nSPS) is 14.4. The quantitative estimate of drug-likeness (QED) is 0.697. The zero-order chi connectivity index (χ0) is 20.5. The summed E-state index contributed by atoms with van der Waals surface area (Å²) in [4.78, 5) is 28.7. The molecule has 1 aliphatic heterocycles. The Balaban J connectivity index is 1.38. The first-order valence-electron chi connectivity index (χ1n) is 10.2. The Morgan fingerprint density at radius 1 is 0.966 bits per heavy atom. The molecule has 1 saturated heterocycles. The lowest BCUT2D eigenvalue weighted by molar-refractivity contribution is -0.147. The highest BCUT2D eigenvalue weighted by atomic mass is 16.5. The van der Waals surface area contributed by atoms with E-state index in [0.717, 1.165) is 44.0 Å². The van der Waals surface area contributed by atoms with Gasteiger partial charge in [-0.05, 0) is 42.8 Å². The second-order valence-corrected chi connectivity index (χ2v) is 7.16. The number of piperazine rings is 1. The topological polar surface area (TPSA) is 61.9 Å². The average molecular weight is 396 g/mol. The molecule has 0 saturated carbocycles. The Labute approximate surface area is 172 Å². The maximum Gasteiger partial charge on any atom is 0.306 e. The minimum Gasteiger partial charge on any atom is -0.456 e. The third-order valence-corrected chi connectivity index (χ3v) is 5.16. The van der Waals surface area contributed by atoms with Crippen LogP contribution in [0.3, 0.4) is 0 Å². The number of likely N-dealkylation sites (N-methyl/N-ethyl adjacent to an activating group) is 1. The maximum absolute atomic E-state index is 12.0. The van der Waals surface area contributed by atoms with Gasteiger partial charge in [-0.15, -0.1) is 0 Å². The van der Waals surface area contributed by atoms with Crippen molar-refractivity contribution >= 4 is 23.3 Å². The number of carbonyl (C=O) groups excluding carboxylic acids is 2. The largest absolute Gasteiger partial charge is 0.456 e. The van der Waals surface area contributed by atoms with Crippen LogP contribution in [0.25, 0.3) is 0 Å². The molecule has 1 heterocycles. The predicted octanol–water partition coefficient (Wildman–Crippen LogP) is 2.94. The number of hydrogen-bond donors (Lipinski definition) is 1. The lowest BCUT2D eigenvalue weighted by atomic mass is 10.1. The van der Waals surface area contributed by atoms with Gasteiger partial charge in [0.15, 0.2) is 6.61 Å². The van der Waals surface area contributed by atoms with E-state index in [4.69, 9.17) is 4.74 Å². The van der Waals surface area contributed by atoms with Crippen molar-refractivity contribution in [2.24, 2.45) is 0 Å². The van der Waals surface area contributed by atoms with Crippen molar-refractivity contribution in [1.82, 2.24) is 4.90 Å². The number of carbonyl (C=O) groups is 2. The molecule has 0 aromatic heterocycles. The minimum atomic E-state index is -0.370. The minimum absolute atomic E-state index is 0.261. The molecule has 0 spiro atoms. The SMILES string of the molecule is CCN1CCN(c2ccc(NC(=O)COC(=O)CCc3ccccc3)cc2)CC1. The van der Waals surface area contributed by atoms with Crippen molar-refractivity contribution in [3.05, 3.63) is 60.2 Å². The molecule has 0 atom stereocenters. The molecular formula is C23H29N3O3. The highest BCUT2D eigenvalue weighted by Crippen LogP contribution is 2.19. The molecule has 3 rings (SSSR count). The van der Waals surface area contributed by atoms with E-state index in [0.29, 0.717) is 12.1 Å². The van der Waals surface area contributed by atoms with Crippen molar-refractivity contribution in [3.8, 4) is 0 Å². The van der Waals surface area contributed by atoms with E-state index in [1.807, 2.05) is 54.6 Å². The fourth-order valence-electron chi connectivity index (χ4n) is 3.38. The van der Waals surface area contributed by atoms with Gasteiger partial charge in [0.2, 0.25) is 0 Å². The third kappa shape index (κ3) is 6.61. The summed E-state index contributed by atoms with van der Waals surface area (Å²) in [5.41, 5.74) is 2.93. The molecule has 154 valence electrons. The van der Waals surface area contributed by atoms with Gasteiger partial charge >= 0.3 is 5.97 Å². The van der Waals surface area contributed by atoms with E-state index in [1.165, 1.54) is 0 Å². The Hall–Kier alpha value is -2.86. The monoisotopic (exact) mass is 395 g/mol. The van der Waals surface area contributed by atoms with Gasteiger partial charge in [0.1, 0.15) is 0 Å². The zero-order valence-electron chi connectivity index (χ0n) is 17.0. The van der Waals surface area contributed by atoms with Crippen LogP contribution in [-0.2, 0) is 20.7 Å². The molecule has 0 unspecified atom stereocenters. The van der Waals surface area contributed by atoms with E-state index in [1.54, 1.807) is 0 Å². The molecule has 29 heavy (non-hydrogen) atoms. The number of hydrogen-bond acceptors (Lipinski definition) is 5. The van der Waals surface area contributed by atoms with Crippen molar-refractivity contribution in [2.75, 3.05) is 49.5 Å². The van der Waals surface area contributed by atoms with Gasteiger partial charge in [-0.3, -0.25) is 9.59 Å². The van der Waals surface area contributed by atoms with Gasteiger partial charge in [-0.1, -0.05) is 37.3 Å². The van der Waals surface area contributed by atoms with Crippen molar-refractivity contribution < 1.29 is 14.3 Å². The number of benzene rings is 2. The molecule has 0 aliphatic carbocycles. The van der Waals surface area contributed by atoms with E-state index in [9.17, 15) is 9.59 Å². The summed E-state index contributed by atoms with van der Waals surface area (Å²) in [7, 11) is 0. The van der Waals surface area contributed by atoms with E-state index >= 15 is 0 Å². The summed E-state index contributed by atoms with van der Waals surface area (Å²) in [6, 6.07) is 17.5. The Morgan fingerprint density at radius 2 is 1.66 bits per heavy atom. The van der Waals surface area contributed by atoms with Crippen LogP contribution in [0.5, 0.6) is 0 Å². The highest BCUT2D eigenvalue weighted by Gasteiger charge is 2.16. The van der Waals surface area contributed by atoms with Gasteiger partial charge in [0.05, 0.1) is 0 Å². The van der Waals surface area contributed by atoms with Gasteiger partial charge in [-0.2, -0.15) is 0 Å². The summed E-state index contributed by atoms with van der Waals surface area (Å²) in [6.07, 6.45) is 0.868. The number of aryl methyl sites for hydroxylation is 1. The molecule has 1 fully saturated rings. The zero-order valence-corrected chi connectivity index (χ0v) is 17.0. The molecule has 1 N–H and O–H groups in total. The Morgan fingerprint density at radius 3 is 2.31 bits per heavy atom. The van der Waals surface area contributed by atoms with Gasteiger partial charge < -0.3 is 19.9 Å². The highest BCUT2D eigenvalue weighted by molar-refractivity contribution is 5.92. The first kappa shape index (κ1) is 20.9. The van der Waals surface area contributed by atoms with Crippen LogP contribution >= 0.6 is 0 Å². The number of esters is 1. The van der Waals surface area contributed by atoms with Crippen molar-refractivity contribution in [2.45, 2.75) is 19.8 Å². The maximum atomic E-state index is 12.0. The van der Waals surface area contributed by atoms with E-state index in [2.05, 4.69) is 22.0 Å². The van der Waals surface area contributed by atoms with E-state index < -0.39 is 0 Å². The fraction of sp³-hybridized carbons (Fsp3) is 0.391. The van der Waals surface area contributed by atoms with Crippen LogP contribution in [0.2, 0.25) is 0 Å². The predicted molar refractivity (Wildman–Crippen MR) is 115 cm³/mol. The standard InChI is InChI=1S/C23H29N3O3/c1-2-25-14-16-26(17-15-25)21-11-9-20(10-12-21)24-22(27)18-29-23(28)13-8-19-6-4-3-5-7-19/h3-7,9-12H,2,8,13-18H2,1H3,(H,24,27). The fourth-order valence-corrected chi connectivity index (χ4v) is 3.38. The van der Waals surface area contributed by atoms with Gasteiger partial charge in [0, 0.05) is 44.0 Å². The summed E-state index contributed by atoms with van der Waals surface area (Å²) in [5, 5.41) is 2.77. The molecule has 2 aromatic rings. The smallest absolute Gasteiger partial charge is 0.306 e. The number of ether oxygens (including phenoxy) is 1. The number of anilines is 2. The summed E-state index contributed by atoms with van der Waals surface area (Å²) in [5.74, 6) is -0.701. The summed E-state index contributed by atoms with van der Waals surface area (Å²) < 4.78 is 5.07. The first-order chi connectivity index (χ1) is 14.1. The molecular weight excluding hydrogens is 366 g/mol. The van der Waals surface area contributed by atoms with Crippen molar-refractivity contribution in [3.63, 3.8) is 0 Å². The van der Waals surface area contributed by atoms with Gasteiger partial charge in [-0.25, -0.2) is 0 Å². The average Bonchev–Trinajstić information content (AvgIpc) is 2.77. The van der Waals surface area contributed by atoms with Gasteiger partial charge in [0.25, 0.3) is 5.91 Å². The molecule has 1 aliphatic rings. The van der Waals surface area contributed by atoms with Crippen LogP contribution in [0.1, 0.15) is 18.9 Å². The van der Waals surface area contributed by atoms with Crippen LogP contribution in [0.4, 0.5) is 11.4 Å². The number of nitrogens with zero attached hydrogens (tertiary/aromatic N) is 2. The van der Waals surface area contributed by atoms with E-state index in [-0.39, 0.29) is 24.9 Å². The second-order valence-electron chi connectivity index (χ2n) is 7.16. The lowest BCUT2D eigenvalue weighted by Crippen LogP contribution is -2.46.